The van der Waals surface area contributed by atoms with Gasteiger partial charge in [-0.3, -0.25) is 8.67 Å². The summed E-state index contributed by atoms with van der Waals surface area (Å²) in [5.74, 6) is 0. The summed E-state index contributed by atoms with van der Waals surface area (Å²) in [6.07, 6.45) is 0. The Morgan fingerprint density at radius 1 is 1.00 bits per heavy atom. The van der Waals surface area contributed by atoms with Gasteiger partial charge >= 0.3 is 8.57 Å². The summed E-state index contributed by atoms with van der Waals surface area (Å²) < 4.78 is 30.3. The van der Waals surface area contributed by atoms with Crippen LogP contribution in [0.3, 0.4) is 0 Å². The van der Waals surface area contributed by atoms with Crippen LogP contribution < -0.4 is 0 Å². The zero-order valence-electron chi connectivity index (χ0n) is 11.2. The number of nitrogens with zero attached hydrogens (tertiary/aromatic N) is 1. The van der Waals surface area contributed by atoms with E-state index in [0.29, 0.717) is 0 Å². The first-order valence-corrected chi connectivity index (χ1v) is 11.6. The summed E-state index contributed by atoms with van der Waals surface area (Å²) in [5, 5.41) is 0. The van der Waals surface area contributed by atoms with Crippen LogP contribution in [-0.4, -0.2) is 28.6 Å². The number of hydrogen-bond acceptors (Lipinski definition) is 1. The molecule has 1 unspecified atom stereocenters. The molecule has 0 spiro atoms. The Hall–Kier alpha value is -0.526. The summed E-state index contributed by atoms with van der Waals surface area (Å²) in [5.41, 5.74) is 0.475. The van der Waals surface area contributed by atoms with Crippen LogP contribution in [0.5, 0.6) is 0 Å². The molecule has 1 aromatic carbocycles. The molecule has 0 N–H and O–H groups in total. The van der Waals surface area contributed by atoms with E-state index in [1.807, 2.05) is 30.3 Å². The van der Waals surface area contributed by atoms with Crippen LogP contribution in [-0.2, 0) is 0 Å². The number of halogens is 2. The standard InChI is InChI=1S/C12H21F2NSi2/c1-15(17(4,5)14)12(16(2,3)13)11-9-7-6-8-10-11/h6-10,12H,1-5H3. The maximum Gasteiger partial charge on any atom is 0.316 e. The molecule has 0 aliphatic carbocycles. The van der Waals surface area contributed by atoms with Gasteiger partial charge in [-0.25, -0.2) is 0 Å². The van der Waals surface area contributed by atoms with Crippen LogP contribution in [0.4, 0.5) is 8.22 Å². The fourth-order valence-electron chi connectivity index (χ4n) is 2.02. The van der Waals surface area contributed by atoms with Gasteiger partial charge in [0.1, 0.15) is 0 Å². The lowest BCUT2D eigenvalue weighted by Crippen LogP contribution is -2.51. The predicted molar refractivity (Wildman–Crippen MR) is 74.1 cm³/mol. The Kier molecular flexibility index (Phi) is 4.27. The average Bonchev–Trinajstić information content (AvgIpc) is 2.15. The number of rotatable bonds is 4. The minimum Gasteiger partial charge on any atom is -0.312 e. The molecule has 17 heavy (non-hydrogen) atoms. The molecule has 0 bridgehead atoms. The Morgan fingerprint density at radius 2 is 1.47 bits per heavy atom. The minimum absolute atomic E-state index is 0.407. The van der Waals surface area contributed by atoms with Gasteiger partial charge in [0.05, 0.1) is 5.67 Å². The lowest BCUT2D eigenvalue weighted by molar-refractivity contribution is 0.405. The van der Waals surface area contributed by atoms with E-state index < -0.39 is 22.6 Å². The van der Waals surface area contributed by atoms with E-state index >= 15 is 0 Å². The van der Waals surface area contributed by atoms with Gasteiger partial charge in [-0.15, -0.1) is 0 Å². The lowest BCUT2D eigenvalue weighted by Gasteiger charge is -2.38. The summed E-state index contributed by atoms with van der Waals surface area (Å²) in [6.45, 7) is 6.48. The van der Waals surface area contributed by atoms with Gasteiger partial charge in [0.25, 0.3) is 8.41 Å². The molecule has 0 aliphatic heterocycles. The van der Waals surface area contributed by atoms with Gasteiger partial charge < -0.3 is 4.11 Å². The zero-order valence-corrected chi connectivity index (χ0v) is 13.2. The third-order valence-corrected chi connectivity index (χ3v) is 7.21. The van der Waals surface area contributed by atoms with Crippen molar-refractivity contribution in [1.82, 2.24) is 4.57 Å². The molecule has 0 saturated heterocycles. The van der Waals surface area contributed by atoms with E-state index in [9.17, 15) is 8.22 Å². The quantitative estimate of drug-likeness (QED) is 0.591. The van der Waals surface area contributed by atoms with Gasteiger partial charge in [0.15, 0.2) is 0 Å². The molecule has 1 nitrogen and oxygen atoms in total. The van der Waals surface area contributed by atoms with Crippen molar-refractivity contribution in [2.45, 2.75) is 31.9 Å². The van der Waals surface area contributed by atoms with Gasteiger partial charge in [-0.1, -0.05) is 30.3 Å². The van der Waals surface area contributed by atoms with Crippen molar-refractivity contribution in [2.24, 2.45) is 0 Å². The third kappa shape index (κ3) is 3.72. The zero-order chi connectivity index (χ0) is 13.3. The normalized spacial score (nSPS) is 15.1. The van der Waals surface area contributed by atoms with E-state index in [1.165, 1.54) is 0 Å². The van der Waals surface area contributed by atoms with E-state index in [-0.39, 0.29) is 0 Å². The monoisotopic (exact) mass is 273 g/mol. The van der Waals surface area contributed by atoms with Gasteiger partial charge in [0.2, 0.25) is 0 Å². The van der Waals surface area contributed by atoms with E-state index in [2.05, 4.69) is 0 Å². The molecular weight excluding hydrogens is 252 g/mol. The first kappa shape index (κ1) is 14.5. The van der Waals surface area contributed by atoms with Gasteiger partial charge in [-0.2, -0.15) is 0 Å². The second-order valence-corrected chi connectivity index (χ2v) is 12.6. The first-order chi connectivity index (χ1) is 7.64. The summed E-state index contributed by atoms with van der Waals surface area (Å²) in [6, 6.07) is 9.42. The highest BCUT2D eigenvalue weighted by molar-refractivity contribution is 6.75. The molecule has 1 rings (SSSR count). The van der Waals surface area contributed by atoms with Crippen LogP contribution >= 0.6 is 0 Å². The molecule has 0 saturated carbocycles. The maximum absolute atomic E-state index is 14.5. The highest BCUT2D eigenvalue weighted by atomic mass is 28.4. The molecule has 96 valence electrons. The van der Waals surface area contributed by atoms with Crippen LogP contribution in [0, 0.1) is 0 Å². The van der Waals surface area contributed by atoms with Crippen molar-refractivity contribution in [1.29, 1.82) is 0 Å². The molecule has 0 heterocycles. The van der Waals surface area contributed by atoms with Crippen molar-refractivity contribution in [3.63, 3.8) is 0 Å². The van der Waals surface area contributed by atoms with Crippen molar-refractivity contribution in [2.75, 3.05) is 7.05 Å². The maximum atomic E-state index is 14.5. The van der Waals surface area contributed by atoms with Crippen molar-refractivity contribution in [3.8, 4) is 0 Å². The van der Waals surface area contributed by atoms with Crippen molar-refractivity contribution < 1.29 is 8.22 Å². The van der Waals surface area contributed by atoms with Gasteiger partial charge in [-0.05, 0) is 38.8 Å². The number of hydrogen-bond donors (Lipinski definition) is 0. The molecule has 1 aromatic rings. The average molecular weight is 273 g/mol. The van der Waals surface area contributed by atoms with Gasteiger partial charge in [0, 0.05) is 0 Å². The molecule has 0 aromatic heterocycles. The molecule has 5 heteroatoms. The molecular formula is C12H21F2NSi2. The SMILES string of the molecule is CN(C(c1ccccc1)[Si](C)(C)F)[Si](C)(C)F. The topological polar surface area (TPSA) is 3.24 Å². The molecule has 0 fully saturated rings. The third-order valence-electron chi connectivity index (χ3n) is 2.99. The summed E-state index contributed by atoms with van der Waals surface area (Å²) in [7, 11) is -4.26. The number of benzene rings is 1. The highest BCUT2D eigenvalue weighted by Gasteiger charge is 2.43. The summed E-state index contributed by atoms with van der Waals surface area (Å²) in [4.78, 5) is 0. The first-order valence-electron chi connectivity index (χ1n) is 5.80. The van der Waals surface area contributed by atoms with Crippen LogP contribution in [0.25, 0.3) is 0 Å². The Morgan fingerprint density at radius 3 is 1.82 bits per heavy atom. The van der Waals surface area contributed by atoms with E-state index in [4.69, 9.17) is 0 Å². The van der Waals surface area contributed by atoms with Crippen LogP contribution in [0.2, 0.25) is 26.2 Å². The van der Waals surface area contributed by atoms with Crippen molar-refractivity contribution >= 4 is 17.0 Å². The molecule has 0 aliphatic rings. The Balaban J connectivity index is 3.15. The van der Waals surface area contributed by atoms with E-state index in [0.717, 1.165) is 5.56 Å². The Labute approximate surface area is 105 Å². The molecule has 1 atom stereocenters. The second kappa shape index (κ2) is 5.00. The molecule has 0 radical (unpaired) electrons. The lowest BCUT2D eigenvalue weighted by atomic mass is 10.2. The minimum atomic E-state index is -2.99. The fraction of sp³-hybridized carbons (Fsp3) is 0.500. The molecule has 0 amide bonds. The predicted octanol–water partition coefficient (Wildman–Crippen LogP) is 4.04. The Bertz CT molecular complexity index is 357. The smallest absolute Gasteiger partial charge is 0.312 e. The largest absolute Gasteiger partial charge is 0.316 e. The van der Waals surface area contributed by atoms with Crippen LogP contribution in [0.1, 0.15) is 11.2 Å². The highest BCUT2D eigenvalue weighted by Crippen LogP contribution is 2.34. The van der Waals surface area contributed by atoms with Crippen molar-refractivity contribution in [3.05, 3.63) is 35.9 Å². The van der Waals surface area contributed by atoms with Crippen LogP contribution in [0.15, 0.2) is 30.3 Å². The second-order valence-electron chi connectivity index (χ2n) is 5.40. The fourth-order valence-corrected chi connectivity index (χ4v) is 6.53. The summed E-state index contributed by atoms with van der Waals surface area (Å²) >= 11 is 0. The van der Waals surface area contributed by atoms with E-state index in [1.54, 1.807) is 37.8 Å².